The van der Waals surface area contributed by atoms with Crippen molar-refractivity contribution in [3.63, 3.8) is 0 Å². The highest BCUT2D eigenvalue weighted by molar-refractivity contribution is 5.86. The molecule has 5 nitrogen and oxygen atoms in total. The number of carbonyl (C=O) groups excluding carboxylic acids is 1. The lowest BCUT2D eigenvalue weighted by Crippen LogP contribution is -2.33. The Labute approximate surface area is 110 Å². The minimum absolute atomic E-state index is 0. The summed E-state index contributed by atoms with van der Waals surface area (Å²) in [6.45, 7) is 0. The quantitative estimate of drug-likeness (QED) is 0.735. The summed E-state index contributed by atoms with van der Waals surface area (Å²) in [5, 5.41) is 10.3. The molecule has 0 spiro atoms. The number of aromatic amines is 1. The molecular weight excluding hydrogens is 256 g/mol. The van der Waals surface area contributed by atoms with E-state index in [1.807, 2.05) is 0 Å². The molecule has 4 N–H and O–H groups in total. The van der Waals surface area contributed by atoms with Crippen LogP contribution in [0.1, 0.15) is 5.56 Å². The Bertz CT molecular complexity index is 553. The molecule has 1 aromatic carbocycles. The highest BCUT2D eigenvalue weighted by Crippen LogP contribution is 2.23. The number of carbonyl (C=O) groups is 1. The van der Waals surface area contributed by atoms with Gasteiger partial charge in [0.05, 0.1) is 7.11 Å². The maximum atomic E-state index is 11.2. The molecule has 0 unspecified atom stereocenters. The smallest absolute Gasteiger partial charge is 0.322 e. The van der Waals surface area contributed by atoms with Crippen molar-refractivity contribution in [3.8, 4) is 5.75 Å². The molecule has 0 bridgehead atoms. The van der Waals surface area contributed by atoms with Crippen LogP contribution in [0.25, 0.3) is 10.9 Å². The average molecular weight is 271 g/mol. The van der Waals surface area contributed by atoms with E-state index in [9.17, 15) is 9.90 Å². The molecule has 0 aliphatic rings. The van der Waals surface area contributed by atoms with Gasteiger partial charge in [0.15, 0.2) is 0 Å². The summed E-state index contributed by atoms with van der Waals surface area (Å²) < 4.78 is 4.57. The molecule has 0 amide bonds. The first-order valence-electron chi connectivity index (χ1n) is 5.24. The maximum Gasteiger partial charge on any atom is 0.322 e. The summed E-state index contributed by atoms with van der Waals surface area (Å²) in [5.74, 6) is -0.260. The fourth-order valence-electron chi connectivity index (χ4n) is 1.81. The molecular formula is C12H15ClN2O3. The first kappa shape index (κ1) is 14.3. The molecule has 1 heterocycles. The summed E-state index contributed by atoms with van der Waals surface area (Å²) >= 11 is 0. The number of esters is 1. The van der Waals surface area contributed by atoms with E-state index < -0.39 is 12.0 Å². The predicted octanol–water partition coefficient (Wildman–Crippen LogP) is 1.34. The number of aromatic nitrogens is 1. The number of hydrogen-bond acceptors (Lipinski definition) is 4. The molecule has 1 atom stereocenters. The molecule has 0 saturated carbocycles. The Morgan fingerprint density at radius 3 is 2.94 bits per heavy atom. The van der Waals surface area contributed by atoms with Gasteiger partial charge < -0.3 is 20.6 Å². The van der Waals surface area contributed by atoms with Gasteiger partial charge in [0, 0.05) is 23.5 Å². The van der Waals surface area contributed by atoms with Gasteiger partial charge in [-0.1, -0.05) is 0 Å². The molecule has 0 radical (unpaired) electrons. The minimum atomic E-state index is -0.693. The zero-order chi connectivity index (χ0) is 12.4. The van der Waals surface area contributed by atoms with Crippen LogP contribution in [0.4, 0.5) is 0 Å². The number of nitrogens with two attached hydrogens (primary N) is 1. The van der Waals surface area contributed by atoms with Crippen LogP contribution in [0, 0.1) is 0 Å². The number of H-pyrrole nitrogens is 1. The molecule has 2 aromatic rings. The van der Waals surface area contributed by atoms with Crippen molar-refractivity contribution in [2.45, 2.75) is 12.5 Å². The fraction of sp³-hybridized carbons (Fsp3) is 0.250. The van der Waals surface area contributed by atoms with E-state index in [4.69, 9.17) is 5.73 Å². The number of halogens is 1. The minimum Gasteiger partial charge on any atom is -0.508 e. The molecule has 6 heteroatoms. The van der Waals surface area contributed by atoms with Crippen LogP contribution in [0.2, 0.25) is 0 Å². The number of fused-ring (bicyclic) bond motifs is 1. The van der Waals surface area contributed by atoms with Gasteiger partial charge in [0.1, 0.15) is 11.8 Å². The number of aromatic hydroxyl groups is 1. The number of hydrogen-bond donors (Lipinski definition) is 3. The summed E-state index contributed by atoms with van der Waals surface area (Å²) in [7, 11) is 1.31. The van der Waals surface area contributed by atoms with Crippen molar-refractivity contribution >= 4 is 29.3 Å². The number of nitrogens with one attached hydrogen (secondary N) is 1. The first-order valence-corrected chi connectivity index (χ1v) is 5.24. The molecule has 98 valence electrons. The second-order valence-electron chi connectivity index (χ2n) is 3.88. The average Bonchev–Trinajstić information content (AvgIpc) is 2.71. The number of phenols is 1. The van der Waals surface area contributed by atoms with E-state index in [1.165, 1.54) is 7.11 Å². The van der Waals surface area contributed by atoms with Crippen molar-refractivity contribution < 1.29 is 14.6 Å². The van der Waals surface area contributed by atoms with Crippen LogP contribution in [0.15, 0.2) is 24.4 Å². The van der Waals surface area contributed by atoms with Gasteiger partial charge in [-0.3, -0.25) is 4.79 Å². The Morgan fingerprint density at radius 1 is 1.56 bits per heavy atom. The van der Waals surface area contributed by atoms with Gasteiger partial charge in [0.25, 0.3) is 0 Å². The van der Waals surface area contributed by atoms with E-state index in [2.05, 4.69) is 9.72 Å². The largest absolute Gasteiger partial charge is 0.508 e. The van der Waals surface area contributed by atoms with Crippen LogP contribution in [-0.4, -0.2) is 29.2 Å². The van der Waals surface area contributed by atoms with Crippen molar-refractivity contribution in [1.82, 2.24) is 4.98 Å². The number of ether oxygens (including phenoxy) is 1. The van der Waals surface area contributed by atoms with E-state index in [-0.39, 0.29) is 18.2 Å². The second-order valence-corrected chi connectivity index (χ2v) is 3.88. The van der Waals surface area contributed by atoms with Gasteiger partial charge in [-0.05, 0) is 23.8 Å². The highest BCUT2D eigenvalue weighted by atomic mass is 35.5. The van der Waals surface area contributed by atoms with Crippen LogP contribution in [0.3, 0.4) is 0 Å². The van der Waals surface area contributed by atoms with Crippen molar-refractivity contribution in [1.29, 1.82) is 0 Å². The molecule has 18 heavy (non-hydrogen) atoms. The van der Waals surface area contributed by atoms with Crippen LogP contribution >= 0.6 is 12.4 Å². The molecule has 1 aromatic heterocycles. The summed E-state index contributed by atoms with van der Waals surface area (Å²) in [6.07, 6.45) is 2.16. The number of methoxy groups -OCH3 is 1. The third-order valence-electron chi connectivity index (χ3n) is 2.69. The lowest BCUT2D eigenvalue weighted by molar-refractivity contribution is -0.142. The predicted molar refractivity (Wildman–Crippen MR) is 70.9 cm³/mol. The zero-order valence-electron chi connectivity index (χ0n) is 9.84. The lowest BCUT2D eigenvalue weighted by atomic mass is 10.1. The van der Waals surface area contributed by atoms with Gasteiger partial charge in [0.2, 0.25) is 0 Å². The molecule has 0 saturated heterocycles. The monoisotopic (exact) mass is 270 g/mol. The van der Waals surface area contributed by atoms with E-state index in [0.717, 1.165) is 16.5 Å². The van der Waals surface area contributed by atoms with Crippen LogP contribution in [0.5, 0.6) is 5.75 Å². The fourth-order valence-corrected chi connectivity index (χ4v) is 1.81. The molecule has 0 aliphatic heterocycles. The third-order valence-corrected chi connectivity index (χ3v) is 2.69. The lowest BCUT2D eigenvalue weighted by Gasteiger charge is -2.08. The standard InChI is InChI=1S/C12H14N2O3.ClH/c1-17-12(16)10(13)4-7-6-14-11-3-2-8(15)5-9(7)11;/h2-3,5-6,10,14-15H,4,13H2,1H3;1H/t10-;/m0./s1. The number of rotatable bonds is 3. The van der Waals surface area contributed by atoms with Crippen molar-refractivity contribution in [2.24, 2.45) is 5.73 Å². The van der Waals surface area contributed by atoms with Gasteiger partial charge >= 0.3 is 5.97 Å². The molecule has 0 aliphatic carbocycles. The Kier molecular flexibility index (Phi) is 4.58. The van der Waals surface area contributed by atoms with Crippen LogP contribution in [-0.2, 0) is 16.0 Å². The van der Waals surface area contributed by atoms with Gasteiger partial charge in [-0.25, -0.2) is 0 Å². The summed E-state index contributed by atoms with van der Waals surface area (Å²) in [4.78, 5) is 14.3. The van der Waals surface area contributed by atoms with Crippen LogP contribution < -0.4 is 5.73 Å². The first-order chi connectivity index (χ1) is 8.11. The molecule has 2 rings (SSSR count). The maximum absolute atomic E-state index is 11.2. The summed E-state index contributed by atoms with van der Waals surface area (Å²) in [6, 6.07) is 4.33. The van der Waals surface area contributed by atoms with E-state index in [1.54, 1.807) is 24.4 Å². The van der Waals surface area contributed by atoms with Gasteiger partial charge in [-0.15, -0.1) is 12.4 Å². The van der Waals surface area contributed by atoms with Crippen molar-refractivity contribution in [3.05, 3.63) is 30.0 Å². The SMILES string of the molecule is COC(=O)[C@@H](N)Cc1c[nH]c2ccc(O)cc12.Cl. The molecule has 0 fully saturated rings. The van der Waals surface area contributed by atoms with E-state index in [0.29, 0.717) is 6.42 Å². The Balaban J connectivity index is 0.00000162. The Hall–Kier alpha value is -1.72. The third kappa shape index (κ3) is 2.75. The summed E-state index contributed by atoms with van der Waals surface area (Å²) in [5.41, 5.74) is 7.48. The normalized spacial score (nSPS) is 11.9. The number of benzene rings is 1. The highest BCUT2D eigenvalue weighted by Gasteiger charge is 2.16. The van der Waals surface area contributed by atoms with E-state index >= 15 is 0 Å². The van der Waals surface area contributed by atoms with Gasteiger partial charge in [-0.2, -0.15) is 0 Å². The Morgan fingerprint density at radius 2 is 2.28 bits per heavy atom. The zero-order valence-corrected chi connectivity index (χ0v) is 10.7. The topological polar surface area (TPSA) is 88.3 Å². The number of phenolic OH excluding ortho intramolecular Hbond substituents is 1. The second kappa shape index (κ2) is 5.75. The van der Waals surface area contributed by atoms with Crippen molar-refractivity contribution in [2.75, 3.05) is 7.11 Å².